The third-order valence-electron chi connectivity index (χ3n) is 5.34. The second-order valence-corrected chi connectivity index (χ2v) is 7.17. The lowest BCUT2D eigenvalue weighted by Gasteiger charge is -2.34. The number of likely N-dealkylation sites (tertiary alicyclic amines) is 1. The summed E-state index contributed by atoms with van der Waals surface area (Å²) in [4.78, 5) is 19.2. The van der Waals surface area contributed by atoms with Gasteiger partial charge >= 0.3 is 0 Å². The summed E-state index contributed by atoms with van der Waals surface area (Å²) in [6.07, 6.45) is 8.62. The second-order valence-electron chi connectivity index (χ2n) is 7.17. The molecule has 24 heavy (non-hydrogen) atoms. The molecule has 1 aromatic rings. The summed E-state index contributed by atoms with van der Waals surface area (Å²) in [6, 6.07) is 0. The fraction of sp³-hybridized carbons (Fsp3) is 0.833. The minimum Gasteiger partial charge on any atom is -0.365 e. The highest BCUT2D eigenvalue weighted by atomic mass is 16.5. The zero-order valence-corrected chi connectivity index (χ0v) is 15.0. The van der Waals surface area contributed by atoms with Gasteiger partial charge in [-0.2, -0.15) is 5.10 Å². The maximum atomic E-state index is 12.8. The van der Waals surface area contributed by atoms with E-state index in [4.69, 9.17) is 4.74 Å². The lowest BCUT2D eigenvalue weighted by Crippen LogP contribution is -2.45. The van der Waals surface area contributed by atoms with E-state index in [1.165, 1.54) is 19.3 Å². The smallest absolute Gasteiger partial charge is 0.251 e. The van der Waals surface area contributed by atoms with Crippen LogP contribution >= 0.6 is 0 Å². The fourth-order valence-corrected chi connectivity index (χ4v) is 3.87. The molecule has 1 saturated carbocycles. The molecule has 3 rings (SSSR count). The van der Waals surface area contributed by atoms with Crippen molar-refractivity contribution in [2.24, 2.45) is 0 Å². The number of ether oxygens (including phenoxy) is 1. The number of piperidine rings is 1. The van der Waals surface area contributed by atoms with Crippen LogP contribution in [0.3, 0.4) is 0 Å². The monoisotopic (exact) mass is 334 g/mol. The van der Waals surface area contributed by atoms with Crippen molar-refractivity contribution in [3.63, 3.8) is 0 Å². The van der Waals surface area contributed by atoms with Gasteiger partial charge in [0, 0.05) is 19.0 Å². The molecule has 1 aromatic heterocycles. The highest BCUT2D eigenvalue weighted by molar-refractivity contribution is 5.81. The standard InChI is InChI=1S/C18H30N4O2/c1-3-16(24-15-7-5-4-6-8-15)18(23)22-11-9-14(10-12-22)17-19-13(2)20-21-17/h14-16H,3-12H2,1-2H3,(H,19,20,21). The van der Waals surface area contributed by atoms with Gasteiger partial charge in [0.25, 0.3) is 5.91 Å². The number of carbonyl (C=O) groups excluding carboxylic acids is 1. The van der Waals surface area contributed by atoms with Crippen LogP contribution in [0.1, 0.15) is 75.9 Å². The number of aryl methyl sites for hydroxylation is 1. The van der Waals surface area contributed by atoms with Crippen LogP contribution in [0, 0.1) is 6.92 Å². The normalized spacial score (nSPS) is 21.8. The molecule has 2 aliphatic rings. The summed E-state index contributed by atoms with van der Waals surface area (Å²) < 4.78 is 6.15. The van der Waals surface area contributed by atoms with Crippen molar-refractivity contribution in [3.05, 3.63) is 11.6 Å². The number of amides is 1. The molecule has 1 amide bonds. The molecule has 0 bridgehead atoms. The molecule has 1 aliphatic heterocycles. The van der Waals surface area contributed by atoms with Crippen LogP contribution in [-0.4, -0.2) is 51.3 Å². The van der Waals surface area contributed by atoms with Gasteiger partial charge in [-0.1, -0.05) is 26.2 Å². The molecule has 1 unspecified atom stereocenters. The number of carbonyl (C=O) groups is 1. The third-order valence-corrected chi connectivity index (χ3v) is 5.34. The Morgan fingerprint density at radius 2 is 1.96 bits per heavy atom. The molecular weight excluding hydrogens is 304 g/mol. The van der Waals surface area contributed by atoms with Crippen molar-refractivity contribution in [3.8, 4) is 0 Å². The van der Waals surface area contributed by atoms with E-state index < -0.39 is 0 Å². The topological polar surface area (TPSA) is 71.1 Å². The summed E-state index contributed by atoms with van der Waals surface area (Å²) in [5, 5.41) is 7.18. The number of H-pyrrole nitrogens is 1. The van der Waals surface area contributed by atoms with E-state index in [9.17, 15) is 4.79 Å². The highest BCUT2D eigenvalue weighted by Gasteiger charge is 2.31. The van der Waals surface area contributed by atoms with Gasteiger partial charge in [0.2, 0.25) is 0 Å². The molecule has 2 heterocycles. The Labute approximate surface area is 144 Å². The van der Waals surface area contributed by atoms with Crippen molar-refractivity contribution >= 4 is 5.91 Å². The number of nitrogens with zero attached hydrogens (tertiary/aromatic N) is 3. The first kappa shape index (κ1) is 17.4. The summed E-state index contributed by atoms with van der Waals surface area (Å²) >= 11 is 0. The van der Waals surface area contributed by atoms with Gasteiger partial charge < -0.3 is 9.64 Å². The number of hydrogen-bond donors (Lipinski definition) is 1. The maximum Gasteiger partial charge on any atom is 0.251 e. The predicted molar refractivity (Wildman–Crippen MR) is 91.7 cm³/mol. The Morgan fingerprint density at radius 3 is 2.54 bits per heavy atom. The van der Waals surface area contributed by atoms with Gasteiger partial charge in [-0.15, -0.1) is 0 Å². The molecule has 2 fully saturated rings. The van der Waals surface area contributed by atoms with Crippen molar-refractivity contribution in [2.75, 3.05) is 13.1 Å². The molecule has 1 N–H and O–H groups in total. The quantitative estimate of drug-likeness (QED) is 0.898. The SMILES string of the molecule is CCC(OC1CCCCC1)C(=O)N1CCC(c2n[nH]c(C)n2)CC1. The fourth-order valence-electron chi connectivity index (χ4n) is 3.87. The highest BCUT2D eigenvalue weighted by Crippen LogP contribution is 2.27. The number of nitrogens with one attached hydrogen (secondary N) is 1. The molecular formula is C18H30N4O2. The Bertz CT molecular complexity index is 531. The average molecular weight is 334 g/mol. The third kappa shape index (κ3) is 4.15. The lowest BCUT2D eigenvalue weighted by molar-refractivity contribution is -0.150. The van der Waals surface area contributed by atoms with E-state index in [1.807, 2.05) is 11.8 Å². The molecule has 6 nitrogen and oxygen atoms in total. The van der Waals surface area contributed by atoms with Gasteiger partial charge in [-0.3, -0.25) is 9.89 Å². The number of aromatic nitrogens is 3. The van der Waals surface area contributed by atoms with Crippen LogP contribution in [0.25, 0.3) is 0 Å². The minimum absolute atomic E-state index is 0.174. The van der Waals surface area contributed by atoms with Crippen LogP contribution in [0.2, 0.25) is 0 Å². The van der Waals surface area contributed by atoms with Crippen molar-refractivity contribution in [2.45, 2.75) is 83.3 Å². The Balaban J connectivity index is 1.51. The molecule has 0 radical (unpaired) electrons. The van der Waals surface area contributed by atoms with E-state index in [2.05, 4.69) is 22.1 Å². The molecule has 1 aliphatic carbocycles. The minimum atomic E-state index is -0.268. The van der Waals surface area contributed by atoms with Crippen molar-refractivity contribution in [1.82, 2.24) is 20.1 Å². The molecule has 0 spiro atoms. The summed E-state index contributed by atoms with van der Waals surface area (Å²) in [5.74, 6) is 2.28. The number of hydrogen-bond acceptors (Lipinski definition) is 4. The lowest BCUT2D eigenvalue weighted by atomic mass is 9.95. The molecule has 6 heteroatoms. The van der Waals surface area contributed by atoms with Gasteiger partial charge in [-0.05, 0) is 39.0 Å². The van der Waals surface area contributed by atoms with Crippen LogP contribution in [0.15, 0.2) is 0 Å². The zero-order chi connectivity index (χ0) is 16.9. The first-order valence-corrected chi connectivity index (χ1v) is 9.50. The van der Waals surface area contributed by atoms with Gasteiger partial charge in [-0.25, -0.2) is 4.98 Å². The Morgan fingerprint density at radius 1 is 1.25 bits per heavy atom. The van der Waals surface area contributed by atoms with E-state index in [-0.39, 0.29) is 18.1 Å². The van der Waals surface area contributed by atoms with Gasteiger partial charge in [0.15, 0.2) is 5.82 Å². The van der Waals surface area contributed by atoms with E-state index in [1.54, 1.807) is 0 Å². The second kappa shape index (κ2) is 8.10. The maximum absolute atomic E-state index is 12.8. The number of aromatic amines is 1. The van der Waals surface area contributed by atoms with Crippen LogP contribution < -0.4 is 0 Å². The van der Waals surface area contributed by atoms with Gasteiger partial charge in [0.05, 0.1) is 6.10 Å². The summed E-state index contributed by atoms with van der Waals surface area (Å²) in [5.41, 5.74) is 0. The van der Waals surface area contributed by atoms with E-state index in [0.717, 1.165) is 56.8 Å². The van der Waals surface area contributed by atoms with E-state index >= 15 is 0 Å². The average Bonchev–Trinajstić information content (AvgIpc) is 3.06. The predicted octanol–water partition coefficient (Wildman–Crippen LogP) is 2.95. The molecule has 1 atom stereocenters. The van der Waals surface area contributed by atoms with Crippen LogP contribution in [-0.2, 0) is 9.53 Å². The largest absolute Gasteiger partial charge is 0.365 e. The first-order chi connectivity index (χ1) is 11.7. The van der Waals surface area contributed by atoms with Gasteiger partial charge in [0.1, 0.15) is 11.9 Å². The Hall–Kier alpha value is -1.43. The van der Waals surface area contributed by atoms with Crippen LogP contribution in [0.4, 0.5) is 0 Å². The van der Waals surface area contributed by atoms with Crippen molar-refractivity contribution in [1.29, 1.82) is 0 Å². The van der Waals surface area contributed by atoms with E-state index in [0.29, 0.717) is 5.92 Å². The first-order valence-electron chi connectivity index (χ1n) is 9.50. The molecule has 0 aromatic carbocycles. The van der Waals surface area contributed by atoms with Crippen LogP contribution in [0.5, 0.6) is 0 Å². The number of rotatable bonds is 5. The Kier molecular flexibility index (Phi) is 5.87. The molecule has 134 valence electrons. The summed E-state index contributed by atoms with van der Waals surface area (Å²) in [6.45, 7) is 5.53. The zero-order valence-electron chi connectivity index (χ0n) is 15.0. The molecule has 1 saturated heterocycles. The van der Waals surface area contributed by atoms with Crippen molar-refractivity contribution < 1.29 is 9.53 Å². The summed E-state index contributed by atoms with van der Waals surface area (Å²) in [7, 11) is 0.